The van der Waals surface area contributed by atoms with Crippen LogP contribution in [0.4, 0.5) is 0 Å². The lowest BCUT2D eigenvalue weighted by molar-refractivity contribution is 0.215. The third-order valence-corrected chi connectivity index (χ3v) is 0.289. The van der Waals surface area contributed by atoms with Crippen LogP contribution in [0.15, 0.2) is 0 Å². The van der Waals surface area contributed by atoms with Gasteiger partial charge in [0.25, 0.3) is 0 Å². The Morgan fingerprint density at radius 2 is 0.769 bits per heavy atom. The fraction of sp³-hybridized carbons (Fsp3) is 1.00. The van der Waals surface area contributed by atoms with Crippen LogP contribution in [-0.2, 0) is 4.74 Å². The lowest BCUT2D eigenvalue weighted by atomic mass is 10.6. The monoisotopic (exact) mass is 194 g/mol. The normalized spacial score (nSPS) is 5.08. The fourth-order valence-electron chi connectivity index (χ4n) is 0. The van der Waals surface area contributed by atoms with Crippen LogP contribution in [0.25, 0.3) is 0 Å². The van der Waals surface area contributed by atoms with E-state index < -0.39 is 0 Å². The summed E-state index contributed by atoms with van der Waals surface area (Å²) in [4.78, 5) is 0. The van der Waals surface area contributed by atoms with Gasteiger partial charge in [-0.3, -0.25) is 0 Å². The van der Waals surface area contributed by atoms with Crippen molar-refractivity contribution < 1.29 is 4.74 Å². The molecule has 0 aliphatic carbocycles. The quantitative estimate of drug-likeness (QED) is 0.561. The van der Waals surface area contributed by atoms with Gasteiger partial charge in [-0.2, -0.15) is 0 Å². The van der Waals surface area contributed by atoms with E-state index in [1.54, 1.807) is 7.11 Å². The van der Waals surface area contributed by atoms with Crippen molar-refractivity contribution in [2.24, 2.45) is 0 Å². The van der Waals surface area contributed by atoms with E-state index in [-0.39, 0.29) is 0 Å². The van der Waals surface area contributed by atoms with E-state index in [9.17, 15) is 0 Å². The highest BCUT2D eigenvalue weighted by Crippen LogP contribution is 1.56. The van der Waals surface area contributed by atoms with E-state index in [4.69, 9.17) is 0 Å². The summed E-state index contributed by atoms with van der Waals surface area (Å²) in [5.74, 6) is 0. The Balaban J connectivity index is -0.0000000215. The fourth-order valence-corrected chi connectivity index (χ4v) is 0. The van der Waals surface area contributed by atoms with Crippen LogP contribution in [0, 0.1) is 0 Å². The van der Waals surface area contributed by atoms with Crippen LogP contribution in [0.2, 0.25) is 0 Å². The zero-order valence-electron chi connectivity index (χ0n) is 11.8. The summed E-state index contributed by atoms with van der Waals surface area (Å²) >= 11 is 0. The van der Waals surface area contributed by atoms with Crippen LogP contribution in [-0.4, -0.2) is 13.7 Å². The van der Waals surface area contributed by atoms with Gasteiger partial charge in [0.15, 0.2) is 0 Å². The SMILES string of the molecule is CC.CC.CC.CCC.CCOC. The number of methoxy groups -OCH3 is 1. The van der Waals surface area contributed by atoms with Crippen molar-refractivity contribution in [3.8, 4) is 0 Å². The first-order valence-corrected chi connectivity index (χ1v) is 5.82. The third-order valence-electron chi connectivity index (χ3n) is 0.289. The molecule has 0 atom stereocenters. The summed E-state index contributed by atoms with van der Waals surface area (Å²) in [5, 5.41) is 0. The summed E-state index contributed by atoms with van der Waals surface area (Å²) in [6.07, 6.45) is 1.25. The molecule has 0 saturated heterocycles. The highest BCUT2D eigenvalue weighted by molar-refractivity contribution is 3.94. The molecule has 0 amide bonds. The molecule has 0 radical (unpaired) electrons. The average Bonchev–Trinajstić information content (AvgIpc) is 2.27. The largest absolute Gasteiger partial charge is 0.385 e. The predicted octanol–water partition coefficient (Wildman–Crippen LogP) is 5.15. The van der Waals surface area contributed by atoms with Gasteiger partial charge in [0.1, 0.15) is 0 Å². The van der Waals surface area contributed by atoms with Gasteiger partial charge < -0.3 is 4.74 Å². The van der Waals surface area contributed by atoms with Crippen LogP contribution in [0.1, 0.15) is 68.7 Å². The predicted molar refractivity (Wildman–Crippen MR) is 67.6 cm³/mol. The highest BCUT2D eigenvalue weighted by atomic mass is 16.5. The number of hydrogen-bond donors (Lipinski definition) is 0. The first-order valence-electron chi connectivity index (χ1n) is 5.82. The van der Waals surface area contributed by atoms with E-state index in [1.807, 2.05) is 48.5 Å². The van der Waals surface area contributed by atoms with E-state index >= 15 is 0 Å². The molecular weight excluding hydrogens is 160 g/mol. The summed E-state index contributed by atoms with van der Waals surface area (Å²) < 4.78 is 4.54. The van der Waals surface area contributed by atoms with Crippen LogP contribution >= 0.6 is 0 Å². The Hall–Kier alpha value is -0.0400. The molecule has 0 N–H and O–H groups in total. The van der Waals surface area contributed by atoms with Gasteiger partial charge >= 0.3 is 0 Å². The molecular formula is C12H34O. The van der Waals surface area contributed by atoms with Crippen molar-refractivity contribution in [3.05, 3.63) is 0 Å². The van der Waals surface area contributed by atoms with E-state index in [1.165, 1.54) is 6.42 Å². The lowest BCUT2D eigenvalue weighted by Gasteiger charge is -1.76. The standard InChI is InChI=1S/C3H8O.C3H8.3C2H6/c1-3-4-2;1-3-2;3*1-2/h3H2,1-2H3;3H2,1-2H3;3*1-2H3. The summed E-state index contributed by atoms with van der Waals surface area (Å²) in [6, 6.07) is 0. The van der Waals surface area contributed by atoms with Gasteiger partial charge in [0.05, 0.1) is 0 Å². The molecule has 0 aromatic heterocycles. The molecule has 0 aromatic rings. The second-order valence-corrected chi connectivity index (χ2v) is 1.28. The minimum absolute atomic E-state index is 0.819. The molecule has 13 heavy (non-hydrogen) atoms. The van der Waals surface area contributed by atoms with Crippen LogP contribution in [0.3, 0.4) is 0 Å². The average molecular weight is 194 g/mol. The molecule has 0 rings (SSSR count). The minimum atomic E-state index is 0.819. The van der Waals surface area contributed by atoms with Gasteiger partial charge in [0, 0.05) is 13.7 Å². The molecule has 88 valence electrons. The summed E-state index contributed by atoms with van der Waals surface area (Å²) in [7, 11) is 1.68. The Bertz CT molecular complexity index is 12.6. The lowest BCUT2D eigenvalue weighted by Crippen LogP contribution is -1.73. The van der Waals surface area contributed by atoms with Crippen molar-refractivity contribution >= 4 is 0 Å². The Morgan fingerprint density at radius 1 is 0.692 bits per heavy atom. The maximum absolute atomic E-state index is 4.54. The zero-order valence-corrected chi connectivity index (χ0v) is 11.8. The van der Waals surface area contributed by atoms with Crippen molar-refractivity contribution in [2.75, 3.05) is 13.7 Å². The molecule has 0 aliphatic rings. The number of hydrogen-bond acceptors (Lipinski definition) is 1. The molecule has 1 heteroatoms. The van der Waals surface area contributed by atoms with E-state index in [2.05, 4.69) is 18.6 Å². The zero-order chi connectivity index (χ0) is 12.1. The van der Waals surface area contributed by atoms with Crippen molar-refractivity contribution in [1.82, 2.24) is 0 Å². The maximum atomic E-state index is 4.54. The van der Waals surface area contributed by atoms with Crippen LogP contribution < -0.4 is 0 Å². The molecule has 0 bridgehead atoms. The summed E-state index contributed by atoms with van der Waals surface area (Å²) in [5.41, 5.74) is 0. The molecule has 0 fully saturated rings. The minimum Gasteiger partial charge on any atom is -0.385 e. The van der Waals surface area contributed by atoms with Crippen LogP contribution in [0.5, 0.6) is 0 Å². The smallest absolute Gasteiger partial charge is 0.0433 e. The second kappa shape index (κ2) is 164. The van der Waals surface area contributed by atoms with Gasteiger partial charge in [-0.05, 0) is 6.92 Å². The van der Waals surface area contributed by atoms with Gasteiger partial charge in [-0.25, -0.2) is 0 Å². The van der Waals surface area contributed by atoms with Gasteiger partial charge in [-0.15, -0.1) is 0 Å². The second-order valence-electron chi connectivity index (χ2n) is 1.28. The summed E-state index contributed by atoms with van der Waals surface area (Å²) in [6.45, 7) is 19.0. The first-order chi connectivity index (χ1) is 6.33. The molecule has 0 aliphatic heterocycles. The third kappa shape index (κ3) is 1290. The molecule has 0 unspecified atom stereocenters. The number of rotatable bonds is 1. The molecule has 0 saturated carbocycles. The van der Waals surface area contributed by atoms with Gasteiger partial charge in [-0.1, -0.05) is 61.8 Å². The van der Waals surface area contributed by atoms with Crippen molar-refractivity contribution in [3.63, 3.8) is 0 Å². The van der Waals surface area contributed by atoms with E-state index in [0.29, 0.717) is 0 Å². The maximum Gasteiger partial charge on any atom is 0.0433 e. The van der Waals surface area contributed by atoms with E-state index in [0.717, 1.165) is 6.61 Å². The molecule has 0 spiro atoms. The molecule has 1 nitrogen and oxygen atoms in total. The number of ether oxygens (including phenoxy) is 1. The Morgan fingerprint density at radius 3 is 0.769 bits per heavy atom. The topological polar surface area (TPSA) is 9.23 Å². The molecule has 0 heterocycles. The van der Waals surface area contributed by atoms with Crippen molar-refractivity contribution in [2.45, 2.75) is 68.7 Å². The van der Waals surface area contributed by atoms with Crippen molar-refractivity contribution in [1.29, 1.82) is 0 Å². The Labute approximate surface area is 87.9 Å². The Kier molecular flexibility index (Phi) is 369. The molecule has 0 aromatic carbocycles. The highest BCUT2D eigenvalue weighted by Gasteiger charge is 1.51. The first kappa shape index (κ1) is 29.3. The van der Waals surface area contributed by atoms with Gasteiger partial charge in [0.2, 0.25) is 0 Å².